The summed E-state index contributed by atoms with van der Waals surface area (Å²) < 4.78 is 31.3. The van der Waals surface area contributed by atoms with Crippen molar-refractivity contribution in [1.29, 1.82) is 0 Å². The second-order valence-corrected chi connectivity index (χ2v) is 10.8. The lowest BCUT2D eigenvalue weighted by molar-refractivity contribution is -0.155. The number of amides is 1. The molecule has 178 valence electrons. The van der Waals surface area contributed by atoms with Crippen molar-refractivity contribution >= 4 is 17.5 Å². The Morgan fingerprint density at radius 1 is 1.34 bits per heavy atom. The fourth-order valence-electron chi connectivity index (χ4n) is 5.16. The molecule has 3 aliphatic heterocycles. The van der Waals surface area contributed by atoms with Crippen molar-refractivity contribution in [2.75, 3.05) is 26.3 Å². The Balaban J connectivity index is 1.27. The number of piperidine rings is 1. The molecule has 1 aromatic rings. The molecule has 3 atom stereocenters. The Hall–Kier alpha value is -1.41. The molecular weight excluding hydrogens is 437 g/mol. The molecular formula is C24H33ClFNO5. The van der Waals surface area contributed by atoms with E-state index >= 15 is 0 Å². The van der Waals surface area contributed by atoms with Crippen molar-refractivity contribution in [2.45, 2.75) is 76.3 Å². The van der Waals surface area contributed by atoms with E-state index in [-0.39, 0.29) is 40.8 Å². The molecule has 8 heteroatoms. The summed E-state index contributed by atoms with van der Waals surface area (Å²) in [4.78, 5) is 14.4. The number of ether oxygens (including phenoxy) is 3. The van der Waals surface area contributed by atoms with Gasteiger partial charge in [0.1, 0.15) is 11.6 Å². The van der Waals surface area contributed by atoms with Gasteiger partial charge in [0.2, 0.25) is 0 Å². The van der Waals surface area contributed by atoms with Gasteiger partial charge in [0.05, 0.1) is 35.0 Å². The quantitative estimate of drug-likeness (QED) is 0.706. The van der Waals surface area contributed by atoms with Crippen LogP contribution in [0.1, 0.15) is 52.9 Å². The maximum Gasteiger partial charge on any atom is 0.260 e. The Labute approximate surface area is 194 Å². The third-order valence-corrected chi connectivity index (χ3v) is 7.71. The molecule has 3 heterocycles. The molecule has 4 rings (SSSR count). The Morgan fingerprint density at radius 2 is 2.06 bits per heavy atom. The van der Waals surface area contributed by atoms with Gasteiger partial charge >= 0.3 is 0 Å². The minimum atomic E-state index is -0.860. The monoisotopic (exact) mass is 469 g/mol. The number of hydrogen-bond donors (Lipinski definition) is 1. The van der Waals surface area contributed by atoms with Crippen LogP contribution < -0.4 is 4.74 Å². The number of carbonyl (C=O) groups excluding carboxylic acids is 1. The Kier molecular flexibility index (Phi) is 6.49. The minimum absolute atomic E-state index is 0.00339. The van der Waals surface area contributed by atoms with Crippen LogP contribution in [-0.2, 0) is 14.3 Å². The lowest BCUT2D eigenvalue weighted by atomic mass is 9.74. The number of rotatable bonds is 5. The van der Waals surface area contributed by atoms with E-state index in [2.05, 4.69) is 6.92 Å². The number of aliphatic hydroxyl groups is 1. The normalized spacial score (nSPS) is 30.1. The Bertz CT molecular complexity index is 851. The van der Waals surface area contributed by atoms with Gasteiger partial charge in [-0.2, -0.15) is 0 Å². The fourth-order valence-corrected chi connectivity index (χ4v) is 5.33. The number of likely N-dealkylation sites (tertiary alicyclic amines) is 1. The van der Waals surface area contributed by atoms with E-state index in [9.17, 15) is 14.3 Å². The van der Waals surface area contributed by atoms with Crippen LogP contribution in [0.25, 0.3) is 0 Å². The summed E-state index contributed by atoms with van der Waals surface area (Å²) in [7, 11) is 0. The first kappa shape index (κ1) is 23.7. The van der Waals surface area contributed by atoms with E-state index in [0.717, 1.165) is 32.1 Å². The average molecular weight is 470 g/mol. The summed E-state index contributed by atoms with van der Waals surface area (Å²) in [6.07, 6.45) is 4.19. The van der Waals surface area contributed by atoms with Crippen LogP contribution in [0.4, 0.5) is 4.39 Å². The second-order valence-electron chi connectivity index (χ2n) is 10.4. The number of halogens is 2. The van der Waals surface area contributed by atoms with Crippen LogP contribution in [0.2, 0.25) is 5.02 Å². The van der Waals surface area contributed by atoms with Crippen LogP contribution in [0.15, 0.2) is 18.2 Å². The van der Waals surface area contributed by atoms with Crippen LogP contribution in [0.5, 0.6) is 5.75 Å². The van der Waals surface area contributed by atoms with Gasteiger partial charge in [-0.05, 0) is 70.4 Å². The van der Waals surface area contributed by atoms with Gasteiger partial charge in [0.15, 0.2) is 6.61 Å². The molecule has 3 fully saturated rings. The van der Waals surface area contributed by atoms with Gasteiger partial charge in [0, 0.05) is 19.2 Å². The zero-order valence-electron chi connectivity index (χ0n) is 19.0. The summed E-state index contributed by atoms with van der Waals surface area (Å²) in [5, 5.41) is 10.3. The third kappa shape index (κ3) is 4.91. The highest BCUT2D eigenvalue weighted by Gasteiger charge is 2.53. The molecule has 0 radical (unpaired) electrons. The number of nitrogens with zero attached hydrogens (tertiary/aromatic N) is 1. The first-order valence-electron chi connectivity index (χ1n) is 11.4. The van der Waals surface area contributed by atoms with E-state index in [1.807, 2.05) is 4.90 Å². The smallest absolute Gasteiger partial charge is 0.260 e. The predicted molar refractivity (Wildman–Crippen MR) is 118 cm³/mol. The lowest BCUT2D eigenvalue weighted by Gasteiger charge is -2.39. The van der Waals surface area contributed by atoms with Gasteiger partial charge in [-0.3, -0.25) is 4.79 Å². The van der Waals surface area contributed by atoms with E-state index in [1.165, 1.54) is 18.2 Å². The molecule has 3 aliphatic rings. The van der Waals surface area contributed by atoms with E-state index < -0.39 is 11.4 Å². The summed E-state index contributed by atoms with van der Waals surface area (Å²) in [5.41, 5.74) is -1.18. The van der Waals surface area contributed by atoms with Crippen LogP contribution >= 0.6 is 11.6 Å². The van der Waals surface area contributed by atoms with Crippen molar-refractivity contribution in [3.63, 3.8) is 0 Å². The van der Waals surface area contributed by atoms with Crippen molar-refractivity contribution in [2.24, 2.45) is 5.41 Å². The standard InChI is InChI=1S/C24H33ClFNO5/c1-22(2,29)19-6-7-23(3,32-19)20-13-24(15-31-20)8-10-27(11-9-24)21(28)14-30-16-4-5-18(26)17(25)12-16/h4-5,12,19-20,29H,6-11,13-15H2,1-3H3/t19-,20-,23-/m1/s1. The molecule has 1 aromatic carbocycles. The summed E-state index contributed by atoms with van der Waals surface area (Å²) in [6.45, 7) is 7.58. The zero-order valence-corrected chi connectivity index (χ0v) is 19.8. The highest BCUT2D eigenvalue weighted by atomic mass is 35.5. The fraction of sp³-hybridized carbons (Fsp3) is 0.708. The van der Waals surface area contributed by atoms with Gasteiger partial charge in [-0.15, -0.1) is 0 Å². The number of hydrogen-bond acceptors (Lipinski definition) is 5. The van der Waals surface area contributed by atoms with E-state index in [0.29, 0.717) is 25.4 Å². The molecule has 1 N–H and O–H groups in total. The van der Waals surface area contributed by atoms with Crippen molar-refractivity contribution in [1.82, 2.24) is 4.90 Å². The molecule has 1 amide bonds. The van der Waals surface area contributed by atoms with Crippen LogP contribution in [0, 0.1) is 11.2 Å². The molecule has 1 spiro atoms. The zero-order chi connectivity index (χ0) is 23.1. The summed E-state index contributed by atoms with van der Waals surface area (Å²) in [5.74, 6) is -0.231. The maximum absolute atomic E-state index is 13.3. The minimum Gasteiger partial charge on any atom is -0.484 e. The molecule has 3 saturated heterocycles. The van der Waals surface area contributed by atoms with Gasteiger partial charge in [0.25, 0.3) is 5.91 Å². The Morgan fingerprint density at radius 3 is 2.69 bits per heavy atom. The van der Waals surface area contributed by atoms with Gasteiger partial charge in [-0.1, -0.05) is 11.6 Å². The van der Waals surface area contributed by atoms with Crippen LogP contribution in [0.3, 0.4) is 0 Å². The maximum atomic E-state index is 13.3. The van der Waals surface area contributed by atoms with Crippen molar-refractivity contribution in [3.8, 4) is 5.75 Å². The number of benzene rings is 1. The average Bonchev–Trinajstić information content (AvgIpc) is 3.35. The third-order valence-electron chi connectivity index (χ3n) is 7.42. The van der Waals surface area contributed by atoms with Crippen LogP contribution in [-0.4, -0.2) is 65.6 Å². The molecule has 0 unspecified atom stereocenters. The van der Waals surface area contributed by atoms with E-state index in [4.69, 9.17) is 25.8 Å². The first-order chi connectivity index (χ1) is 15.0. The van der Waals surface area contributed by atoms with E-state index in [1.54, 1.807) is 13.8 Å². The highest BCUT2D eigenvalue weighted by molar-refractivity contribution is 6.30. The lowest BCUT2D eigenvalue weighted by Crippen LogP contribution is -2.46. The molecule has 6 nitrogen and oxygen atoms in total. The molecule has 0 bridgehead atoms. The molecule has 0 aromatic heterocycles. The number of carbonyl (C=O) groups is 1. The van der Waals surface area contributed by atoms with Gasteiger partial charge in [-0.25, -0.2) is 4.39 Å². The van der Waals surface area contributed by atoms with Crippen molar-refractivity contribution < 1.29 is 28.5 Å². The summed E-state index contributed by atoms with van der Waals surface area (Å²) >= 11 is 5.76. The highest BCUT2D eigenvalue weighted by Crippen LogP contribution is 2.49. The molecule has 0 aliphatic carbocycles. The van der Waals surface area contributed by atoms with Gasteiger partial charge < -0.3 is 24.2 Å². The largest absolute Gasteiger partial charge is 0.484 e. The molecule has 0 saturated carbocycles. The second kappa shape index (κ2) is 8.75. The first-order valence-corrected chi connectivity index (χ1v) is 11.7. The SMILES string of the molecule is CC(C)(O)[C@H]1CC[C@](C)([C@H]2CC3(CCN(C(=O)COc4ccc(F)c(Cl)c4)CC3)CO2)O1. The van der Waals surface area contributed by atoms with Crippen molar-refractivity contribution in [3.05, 3.63) is 29.0 Å². The topological polar surface area (TPSA) is 68.2 Å². The predicted octanol–water partition coefficient (Wildman–Crippen LogP) is 3.96. The molecule has 32 heavy (non-hydrogen) atoms. The summed E-state index contributed by atoms with van der Waals surface area (Å²) in [6, 6.07) is 4.06.